The molecule has 59 heavy (non-hydrogen) atoms. The zero-order valence-corrected chi connectivity index (χ0v) is 34.6. The molecule has 4 heterocycles. The Hall–Kier alpha value is -5.51. The van der Waals surface area contributed by atoms with Gasteiger partial charge < -0.3 is 28.8 Å². The number of esters is 2. The van der Waals surface area contributed by atoms with Crippen molar-refractivity contribution in [3.05, 3.63) is 157 Å². The molecule has 0 amide bonds. The zero-order chi connectivity index (χ0) is 41.8. The van der Waals surface area contributed by atoms with Crippen LogP contribution in [0.1, 0.15) is 110 Å². The van der Waals surface area contributed by atoms with Crippen LogP contribution in [-0.4, -0.2) is 40.5 Å². The average molecular weight is 799 g/mol. The van der Waals surface area contributed by atoms with Gasteiger partial charge in [-0.15, -0.1) is 0 Å². The Labute approximate surface area is 345 Å². The molecule has 3 atom stereocenters. The number of aliphatic hydroxyl groups is 2. The second-order valence-electron chi connectivity index (χ2n) is 16.9. The van der Waals surface area contributed by atoms with E-state index in [9.17, 15) is 24.6 Å². The fraction of sp³-hybridized carbons (Fsp3) is 0.380. The zero-order valence-electron chi connectivity index (χ0n) is 34.6. The molecule has 4 aromatic carbocycles. The van der Waals surface area contributed by atoms with Crippen LogP contribution in [0, 0.1) is 5.92 Å². The van der Waals surface area contributed by atoms with E-state index < -0.39 is 42.0 Å². The van der Waals surface area contributed by atoms with Crippen LogP contribution in [0.2, 0.25) is 0 Å². The molecule has 8 rings (SSSR count). The smallest absolute Gasteiger partial charge is 0.340 e. The Morgan fingerprint density at radius 2 is 1.53 bits per heavy atom. The molecule has 2 bridgehead atoms. The van der Waals surface area contributed by atoms with Crippen LogP contribution in [0.25, 0.3) is 11.0 Å². The van der Waals surface area contributed by atoms with Crippen LogP contribution in [0.15, 0.2) is 111 Å². The van der Waals surface area contributed by atoms with Gasteiger partial charge in [0, 0.05) is 22.9 Å². The molecule has 3 aliphatic rings. The van der Waals surface area contributed by atoms with E-state index in [0.717, 1.165) is 24.0 Å². The van der Waals surface area contributed by atoms with Crippen molar-refractivity contribution < 1.29 is 38.4 Å². The van der Waals surface area contributed by atoms with Gasteiger partial charge in [0.2, 0.25) is 0 Å². The van der Waals surface area contributed by atoms with Crippen molar-refractivity contribution in [2.45, 2.75) is 110 Å². The molecule has 0 unspecified atom stereocenters. The Balaban J connectivity index is 1.29. The molecule has 9 nitrogen and oxygen atoms in total. The van der Waals surface area contributed by atoms with Gasteiger partial charge in [0.25, 0.3) is 0 Å². The normalized spacial score (nSPS) is 20.4. The number of carbonyl (C=O) groups excluding carboxylic acids is 2. The van der Waals surface area contributed by atoms with Crippen molar-refractivity contribution in [2.24, 2.45) is 5.92 Å². The maximum atomic E-state index is 14.5. The van der Waals surface area contributed by atoms with Gasteiger partial charge in [0.15, 0.2) is 12.2 Å². The van der Waals surface area contributed by atoms with Crippen LogP contribution in [0.5, 0.6) is 5.75 Å². The van der Waals surface area contributed by atoms with Crippen molar-refractivity contribution in [1.29, 1.82) is 0 Å². The highest BCUT2D eigenvalue weighted by Gasteiger charge is 2.50. The maximum Gasteiger partial charge on any atom is 0.340 e. The summed E-state index contributed by atoms with van der Waals surface area (Å²) in [6.07, 6.45) is 1.41. The predicted molar refractivity (Wildman–Crippen MR) is 226 cm³/mol. The van der Waals surface area contributed by atoms with Crippen molar-refractivity contribution in [3.63, 3.8) is 0 Å². The van der Waals surface area contributed by atoms with Gasteiger partial charge in [-0.1, -0.05) is 92.7 Å². The van der Waals surface area contributed by atoms with E-state index in [-0.39, 0.29) is 36.0 Å². The lowest BCUT2D eigenvalue weighted by Gasteiger charge is -2.43. The molecule has 0 saturated heterocycles. The first-order chi connectivity index (χ1) is 28.3. The number of benzene rings is 4. The molecule has 0 radical (unpaired) electrons. The first-order valence-corrected chi connectivity index (χ1v) is 20.7. The fourth-order valence-corrected chi connectivity index (χ4v) is 8.66. The summed E-state index contributed by atoms with van der Waals surface area (Å²) in [6, 6.07) is 30.7. The number of aryl methyl sites for hydroxylation is 2. The Bertz CT molecular complexity index is 2410. The first-order valence-electron chi connectivity index (χ1n) is 20.7. The second kappa shape index (κ2) is 17.8. The highest BCUT2D eigenvalue weighted by atomic mass is 16.6. The largest absolute Gasteiger partial charge is 0.483 e. The summed E-state index contributed by atoms with van der Waals surface area (Å²) in [6.45, 7) is 8.15. The molecule has 0 saturated carbocycles. The number of rotatable bonds is 8. The topological polar surface area (TPSA) is 133 Å². The van der Waals surface area contributed by atoms with E-state index in [1.54, 1.807) is 32.9 Å². The van der Waals surface area contributed by atoms with Gasteiger partial charge in [-0.3, -0.25) is 4.79 Å². The number of hydrogen-bond acceptors (Lipinski definition) is 9. The minimum Gasteiger partial charge on any atom is -0.483 e. The van der Waals surface area contributed by atoms with E-state index in [2.05, 4.69) is 60.7 Å². The highest BCUT2D eigenvalue weighted by Crippen LogP contribution is 2.48. The van der Waals surface area contributed by atoms with E-state index >= 15 is 0 Å². The summed E-state index contributed by atoms with van der Waals surface area (Å²) in [4.78, 5) is 42.3. The van der Waals surface area contributed by atoms with Gasteiger partial charge in [-0.25, -0.2) is 9.59 Å². The lowest BCUT2D eigenvalue weighted by Crippen LogP contribution is -2.52. The number of carbonyl (C=O) groups is 2. The summed E-state index contributed by atoms with van der Waals surface area (Å²) in [5, 5.41) is 21.2. The van der Waals surface area contributed by atoms with Crippen molar-refractivity contribution in [1.82, 2.24) is 0 Å². The second-order valence-corrected chi connectivity index (χ2v) is 16.9. The molecule has 3 aliphatic heterocycles. The third kappa shape index (κ3) is 9.22. The standard InChI is InChI=1S/C50H54O9/c1-30(2)43-40(29-52)39-22-23-41-44(45(39)57-49(43)55)46-47(50(4,5)59-41)58-48(54)38(31(3)28-51)21-20-32-14-16-35(17-15-32)26-37(27-42(53)56-46)19-18-34-12-9-13-36(25-34)24-33-10-7-6-8-11-33/h6-17,22-23,25,30,37,46-47,51-52H,18-21,24,26-29H2,1-5H3/b38-31-/t37-,46+,47-/m0/s1. The Morgan fingerprint density at radius 1 is 0.814 bits per heavy atom. The predicted octanol–water partition coefficient (Wildman–Crippen LogP) is 8.80. The maximum absolute atomic E-state index is 14.5. The quantitative estimate of drug-likeness (QED) is 0.0898. The molecule has 5 aromatic rings. The highest BCUT2D eigenvalue weighted by molar-refractivity contribution is 5.90. The SMILES string of the molecule is C/C(CO)=C1\CCc2ccc(cc2)C[C@H](CCc2cccc(Cc3ccccc3)c2)CC(=O)O[C@@H]2c3c(ccc4c(CO)c(C(C)C)c(=O)oc34)OC(C)(C)[C@H]2OC1=O. The van der Waals surface area contributed by atoms with Crippen LogP contribution in [-0.2, 0) is 51.4 Å². The van der Waals surface area contributed by atoms with Crippen molar-refractivity contribution >= 4 is 22.9 Å². The third-order valence-electron chi connectivity index (χ3n) is 11.8. The molecule has 308 valence electrons. The van der Waals surface area contributed by atoms with E-state index in [4.69, 9.17) is 18.6 Å². The fourth-order valence-electron chi connectivity index (χ4n) is 8.66. The van der Waals surface area contributed by atoms with Crippen molar-refractivity contribution in [3.8, 4) is 5.75 Å². The minimum absolute atomic E-state index is 0.0715. The van der Waals surface area contributed by atoms with Crippen LogP contribution < -0.4 is 10.4 Å². The number of hydrogen-bond donors (Lipinski definition) is 2. The molecule has 0 fully saturated rings. The van der Waals surface area contributed by atoms with Crippen LogP contribution in [0.3, 0.4) is 0 Å². The van der Waals surface area contributed by atoms with Gasteiger partial charge in [0.05, 0.1) is 18.8 Å². The summed E-state index contributed by atoms with van der Waals surface area (Å²) < 4.78 is 25.4. The number of aliphatic hydroxyl groups excluding tert-OH is 2. The van der Waals surface area contributed by atoms with E-state index in [0.29, 0.717) is 59.1 Å². The van der Waals surface area contributed by atoms with Gasteiger partial charge >= 0.3 is 17.6 Å². The lowest BCUT2D eigenvalue weighted by molar-refractivity contribution is -0.188. The monoisotopic (exact) mass is 798 g/mol. The molecule has 1 aromatic heterocycles. The average Bonchev–Trinajstić information content (AvgIpc) is 3.20. The summed E-state index contributed by atoms with van der Waals surface area (Å²) in [7, 11) is 0. The Kier molecular flexibility index (Phi) is 12.5. The summed E-state index contributed by atoms with van der Waals surface area (Å²) in [5.41, 5.74) is 5.81. The van der Waals surface area contributed by atoms with Gasteiger partial charge in [-0.2, -0.15) is 0 Å². The minimum atomic E-state index is -1.24. The third-order valence-corrected chi connectivity index (χ3v) is 11.8. The molecule has 2 N–H and O–H groups in total. The summed E-state index contributed by atoms with van der Waals surface area (Å²) >= 11 is 0. The van der Waals surface area contributed by atoms with E-state index in [1.807, 2.05) is 32.0 Å². The molecule has 0 aliphatic carbocycles. The summed E-state index contributed by atoms with van der Waals surface area (Å²) in [5.74, 6) is -1.21. The molecular formula is C50H54O9. The van der Waals surface area contributed by atoms with Crippen molar-refractivity contribution in [2.75, 3.05) is 6.61 Å². The lowest BCUT2D eigenvalue weighted by atomic mass is 9.85. The van der Waals surface area contributed by atoms with Gasteiger partial charge in [-0.05, 0) is 122 Å². The van der Waals surface area contributed by atoms with Crippen LogP contribution >= 0.6 is 0 Å². The van der Waals surface area contributed by atoms with E-state index in [1.165, 1.54) is 16.7 Å². The molecule has 9 heteroatoms. The molecule has 0 spiro atoms. The van der Waals surface area contributed by atoms with Gasteiger partial charge in [0.1, 0.15) is 16.9 Å². The Morgan fingerprint density at radius 3 is 2.24 bits per heavy atom. The number of fused-ring (bicyclic) bond motifs is 13. The number of ether oxygens (including phenoxy) is 3. The van der Waals surface area contributed by atoms with Crippen LogP contribution in [0.4, 0.5) is 0 Å². The first kappa shape index (κ1) is 41.6. The molecular weight excluding hydrogens is 745 g/mol.